The van der Waals surface area contributed by atoms with Gasteiger partial charge in [-0.25, -0.2) is 8.42 Å². The maximum atomic E-state index is 13.9. The third-order valence-electron chi connectivity index (χ3n) is 8.30. The van der Waals surface area contributed by atoms with Crippen LogP contribution in [0.15, 0.2) is 66.0 Å². The lowest BCUT2D eigenvalue weighted by molar-refractivity contribution is -0.138. The molecule has 0 bridgehead atoms. The predicted molar refractivity (Wildman–Crippen MR) is 148 cm³/mol. The number of fused-ring (bicyclic) bond motifs is 2. The fraction of sp³-hybridized carbons (Fsp3) is 0.379. The zero-order valence-corrected chi connectivity index (χ0v) is 23.9. The number of amides is 2. The number of likely N-dealkylation sites (tertiary alicyclic amines) is 1. The van der Waals surface area contributed by atoms with E-state index in [9.17, 15) is 31.2 Å². The second-order valence-corrected chi connectivity index (χ2v) is 12.3. The van der Waals surface area contributed by atoms with Crippen LogP contribution in [0.3, 0.4) is 0 Å². The smallest absolute Gasteiger partial charge is 0.346 e. The van der Waals surface area contributed by atoms with Crippen LogP contribution >= 0.6 is 0 Å². The molecule has 1 aromatic carbocycles. The number of hydrogen-bond donors (Lipinski definition) is 1. The van der Waals surface area contributed by atoms with Gasteiger partial charge < -0.3 is 10.2 Å². The number of hydrogen-bond acceptors (Lipinski definition) is 6. The standard InChI is InChI=1S/C29H30F3N5O4S/c1-3-26(38)36-14-10-28(11-15-36)19(2)37(42(40,41)21-6-4-12-33-17-21)25-9-8-20(16-23(25)28)27(39)35-18-24-22(29(30,31)32)7-5-13-34-24/h4-9,12-13,16-17,19H,3,10-11,14-15,18H2,1-2H3,(H,35,39). The molecule has 1 unspecified atom stereocenters. The van der Waals surface area contributed by atoms with Crippen LogP contribution in [0.1, 0.15) is 60.3 Å². The van der Waals surface area contributed by atoms with E-state index in [0.29, 0.717) is 43.6 Å². The van der Waals surface area contributed by atoms with E-state index in [1.807, 2.05) is 6.92 Å². The first kappa shape index (κ1) is 29.5. The molecule has 5 rings (SSSR count). The van der Waals surface area contributed by atoms with Crippen molar-refractivity contribution in [1.29, 1.82) is 0 Å². The van der Waals surface area contributed by atoms with Crippen molar-refractivity contribution in [3.8, 4) is 0 Å². The van der Waals surface area contributed by atoms with E-state index in [1.54, 1.807) is 30.0 Å². The largest absolute Gasteiger partial charge is 0.418 e. The van der Waals surface area contributed by atoms with Gasteiger partial charge in [0.25, 0.3) is 15.9 Å². The van der Waals surface area contributed by atoms with Gasteiger partial charge in [-0.1, -0.05) is 6.92 Å². The van der Waals surface area contributed by atoms with Crippen molar-refractivity contribution in [2.24, 2.45) is 0 Å². The van der Waals surface area contributed by atoms with Crippen LogP contribution in [0.4, 0.5) is 18.9 Å². The number of benzene rings is 1. The number of carbonyl (C=O) groups excluding carboxylic acids is 2. The lowest BCUT2D eigenvalue weighted by atomic mass is 9.70. The van der Waals surface area contributed by atoms with Crippen molar-refractivity contribution in [3.05, 3.63) is 83.4 Å². The molecule has 42 heavy (non-hydrogen) atoms. The van der Waals surface area contributed by atoms with E-state index in [1.165, 1.54) is 41.1 Å². The van der Waals surface area contributed by atoms with E-state index in [2.05, 4.69) is 15.3 Å². The fourth-order valence-corrected chi connectivity index (χ4v) is 7.75. The summed E-state index contributed by atoms with van der Waals surface area (Å²) in [5.74, 6) is -0.608. The minimum Gasteiger partial charge on any atom is -0.346 e. The first-order valence-corrected chi connectivity index (χ1v) is 15.0. The van der Waals surface area contributed by atoms with E-state index in [0.717, 1.165) is 6.07 Å². The molecule has 3 aromatic rings. The van der Waals surface area contributed by atoms with Crippen molar-refractivity contribution in [1.82, 2.24) is 20.2 Å². The number of rotatable bonds is 6. The summed E-state index contributed by atoms with van der Waals surface area (Å²) in [5, 5.41) is 2.52. The highest BCUT2D eigenvalue weighted by atomic mass is 32.2. The number of carbonyl (C=O) groups is 2. The number of aromatic nitrogens is 2. The van der Waals surface area contributed by atoms with Crippen LogP contribution < -0.4 is 9.62 Å². The molecule has 222 valence electrons. The number of alkyl halides is 3. The average molecular weight is 602 g/mol. The van der Waals surface area contributed by atoms with Gasteiger partial charge in [0, 0.05) is 49.1 Å². The normalized spacial score (nSPS) is 18.2. The van der Waals surface area contributed by atoms with Crippen LogP contribution in [0.2, 0.25) is 0 Å². The Morgan fingerprint density at radius 2 is 1.81 bits per heavy atom. The quantitative estimate of drug-likeness (QED) is 0.451. The van der Waals surface area contributed by atoms with Crippen molar-refractivity contribution in [2.75, 3.05) is 17.4 Å². The van der Waals surface area contributed by atoms with Gasteiger partial charge in [-0.2, -0.15) is 13.2 Å². The number of anilines is 1. The first-order valence-electron chi connectivity index (χ1n) is 13.6. The second kappa shape index (κ2) is 11.0. The molecule has 9 nitrogen and oxygen atoms in total. The highest BCUT2D eigenvalue weighted by Crippen LogP contribution is 2.53. The van der Waals surface area contributed by atoms with Gasteiger partial charge in [0.2, 0.25) is 5.91 Å². The monoisotopic (exact) mass is 601 g/mol. The lowest BCUT2D eigenvalue weighted by Crippen LogP contribution is -2.52. The Kier molecular flexibility index (Phi) is 7.73. The Hall–Kier alpha value is -4.00. The van der Waals surface area contributed by atoms with Gasteiger partial charge in [-0.3, -0.25) is 23.9 Å². The zero-order valence-electron chi connectivity index (χ0n) is 23.1. The Morgan fingerprint density at radius 3 is 2.45 bits per heavy atom. The van der Waals surface area contributed by atoms with Crippen molar-refractivity contribution in [3.63, 3.8) is 0 Å². The molecule has 1 atom stereocenters. The summed E-state index contributed by atoms with van der Waals surface area (Å²) in [6.07, 6.45) is 0.669. The third-order valence-corrected chi connectivity index (χ3v) is 10.2. The Morgan fingerprint density at radius 1 is 1.10 bits per heavy atom. The van der Waals surface area contributed by atoms with Gasteiger partial charge in [-0.05, 0) is 67.8 Å². The molecule has 1 saturated heterocycles. The average Bonchev–Trinajstić information content (AvgIpc) is 3.23. The molecule has 13 heteroatoms. The molecular formula is C29H30F3N5O4S. The number of nitrogens with one attached hydrogen (secondary N) is 1. The summed E-state index contributed by atoms with van der Waals surface area (Å²) < 4.78 is 69.4. The molecule has 2 aromatic heterocycles. The van der Waals surface area contributed by atoms with E-state index in [4.69, 9.17) is 0 Å². The molecule has 1 N–H and O–H groups in total. The van der Waals surface area contributed by atoms with E-state index >= 15 is 0 Å². The van der Waals surface area contributed by atoms with Crippen LogP contribution in [0.25, 0.3) is 0 Å². The maximum absolute atomic E-state index is 13.9. The number of sulfonamides is 1. The molecule has 0 radical (unpaired) electrons. The topological polar surface area (TPSA) is 113 Å². The highest BCUT2D eigenvalue weighted by Gasteiger charge is 2.54. The summed E-state index contributed by atoms with van der Waals surface area (Å²) in [5.41, 5.74) is -0.703. The number of pyridine rings is 2. The van der Waals surface area contributed by atoms with Crippen LogP contribution in [0.5, 0.6) is 0 Å². The van der Waals surface area contributed by atoms with Crippen LogP contribution in [-0.4, -0.2) is 54.2 Å². The zero-order chi connectivity index (χ0) is 30.3. The van der Waals surface area contributed by atoms with Gasteiger partial charge in [0.15, 0.2) is 0 Å². The molecule has 2 amide bonds. The van der Waals surface area contributed by atoms with Gasteiger partial charge >= 0.3 is 6.18 Å². The second-order valence-electron chi connectivity index (χ2n) is 10.5. The highest BCUT2D eigenvalue weighted by molar-refractivity contribution is 7.92. The number of piperidine rings is 1. The molecule has 0 saturated carbocycles. The van der Waals surface area contributed by atoms with Gasteiger partial charge in [0.05, 0.1) is 29.5 Å². The molecular weight excluding hydrogens is 571 g/mol. The fourth-order valence-electron chi connectivity index (χ4n) is 6.05. The van der Waals surface area contributed by atoms with E-state index in [-0.39, 0.29) is 22.1 Å². The summed E-state index contributed by atoms with van der Waals surface area (Å²) in [7, 11) is -4.03. The Balaban J connectivity index is 1.51. The lowest BCUT2D eigenvalue weighted by Gasteiger charge is -2.43. The van der Waals surface area contributed by atoms with Crippen LogP contribution in [0, 0.1) is 0 Å². The Labute approximate surface area is 241 Å². The molecule has 4 heterocycles. The van der Waals surface area contributed by atoms with Crippen molar-refractivity contribution < 1.29 is 31.2 Å². The number of halogens is 3. The molecule has 0 aliphatic carbocycles. The summed E-state index contributed by atoms with van der Waals surface area (Å²) in [4.78, 5) is 35.2. The summed E-state index contributed by atoms with van der Waals surface area (Å²) in [6, 6.07) is 9.20. The maximum Gasteiger partial charge on any atom is 0.418 e. The minimum absolute atomic E-state index is 0.0106. The molecule has 2 aliphatic heterocycles. The molecule has 2 aliphatic rings. The van der Waals surface area contributed by atoms with Gasteiger partial charge in [0.1, 0.15) is 4.90 Å². The number of nitrogens with zero attached hydrogens (tertiary/aromatic N) is 4. The van der Waals surface area contributed by atoms with Crippen molar-refractivity contribution in [2.45, 2.75) is 62.2 Å². The van der Waals surface area contributed by atoms with E-state index < -0.39 is 45.7 Å². The Bertz CT molecular complexity index is 1610. The molecule has 1 spiro atoms. The first-order chi connectivity index (χ1) is 19.9. The SMILES string of the molecule is CCC(=O)N1CCC2(CC1)c1cc(C(=O)NCc3ncccc3C(F)(F)F)ccc1N(S(=O)(=O)c1cccnc1)C2C. The minimum atomic E-state index is -4.62. The summed E-state index contributed by atoms with van der Waals surface area (Å²) in [6.45, 7) is 4.02. The van der Waals surface area contributed by atoms with Crippen LogP contribution in [-0.2, 0) is 33.0 Å². The third kappa shape index (κ3) is 5.10. The predicted octanol–water partition coefficient (Wildman–Crippen LogP) is 4.29. The van der Waals surface area contributed by atoms with Gasteiger partial charge in [-0.15, -0.1) is 0 Å². The van der Waals surface area contributed by atoms with Crippen molar-refractivity contribution >= 4 is 27.5 Å². The molecule has 1 fully saturated rings. The summed E-state index contributed by atoms with van der Waals surface area (Å²) >= 11 is 0.